The van der Waals surface area contributed by atoms with Crippen molar-refractivity contribution in [3.8, 4) is 0 Å². The molecule has 1 saturated carbocycles. The van der Waals surface area contributed by atoms with Crippen LogP contribution in [-0.2, 0) is 15.8 Å². The fourth-order valence-electron chi connectivity index (χ4n) is 1.71. The van der Waals surface area contributed by atoms with E-state index < -0.39 is 16.5 Å². The molecule has 16 heavy (non-hydrogen) atoms. The summed E-state index contributed by atoms with van der Waals surface area (Å²) in [4.78, 5) is 11.1. The number of rotatable bonds is 5. The van der Waals surface area contributed by atoms with Crippen molar-refractivity contribution in [2.75, 3.05) is 0 Å². The summed E-state index contributed by atoms with van der Waals surface area (Å²) in [5.41, 5.74) is 4.84. The third kappa shape index (κ3) is 3.56. The SMILES string of the molecule is CC(C)(C)[S@@](=O)N[C@@](C)(CC(N)=O)C1CC1. The third-order valence-corrected chi connectivity index (χ3v) is 4.67. The molecule has 0 aliphatic heterocycles. The largest absolute Gasteiger partial charge is 0.370 e. The number of nitrogens with one attached hydrogen (secondary N) is 1. The van der Waals surface area contributed by atoms with Gasteiger partial charge >= 0.3 is 0 Å². The predicted octanol–water partition coefficient (Wildman–Crippen LogP) is 1.08. The van der Waals surface area contributed by atoms with Crippen LogP contribution in [0.5, 0.6) is 0 Å². The Balaban J connectivity index is 2.71. The van der Waals surface area contributed by atoms with Crippen LogP contribution in [0.15, 0.2) is 0 Å². The minimum Gasteiger partial charge on any atom is -0.370 e. The van der Waals surface area contributed by atoms with Gasteiger partial charge in [0, 0.05) is 12.0 Å². The van der Waals surface area contributed by atoms with Crippen molar-refractivity contribution in [2.45, 2.75) is 57.2 Å². The second kappa shape index (κ2) is 4.45. The monoisotopic (exact) mass is 246 g/mol. The Bertz CT molecular complexity index is 308. The Morgan fingerprint density at radius 3 is 2.19 bits per heavy atom. The molecule has 3 N–H and O–H groups in total. The van der Waals surface area contributed by atoms with Gasteiger partial charge in [0.05, 0.1) is 15.7 Å². The van der Waals surface area contributed by atoms with Crippen LogP contribution < -0.4 is 10.5 Å². The minimum atomic E-state index is -1.16. The van der Waals surface area contributed by atoms with Crippen LogP contribution in [0.4, 0.5) is 0 Å². The molecule has 1 aliphatic carbocycles. The lowest BCUT2D eigenvalue weighted by Crippen LogP contribution is -2.51. The molecule has 0 radical (unpaired) electrons. The second-order valence-corrected chi connectivity index (χ2v) is 7.78. The zero-order valence-electron chi connectivity index (χ0n) is 10.5. The highest BCUT2D eigenvalue weighted by Crippen LogP contribution is 2.41. The van der Waals surface area contributed by atoms with Gasteiger partial charge in [-0.3, -0.25) is 4.79 Å². The topological polar surface area (TPSA) is 72.2 Å². The van der Waals surface area contributed by atoms with E-state index in [1.165, 1.54) is 0 Å². The number of carbonyl (C=O) groups excluding carboxylic acids is 1. The van der Waals surface area contributed by atoms with E-state index in [0.29, 0.717) is 5.92 Å². The molecular formula is C11H22N2O2S. The van der Waals surface area contributed by atoms with E-state index in [4.69, 9.17) is 5.73 Å². The highest BCUT2D eigenvalue weighted by Gasteiger charge is 2.44. The number of hydrogen-bond acceptors (Lipinski definition) is 2. The van der Waals surface area contributed by atoms with Crippen molar-refractivity contribution in [1.82, 2.24) is 4.72 Å². The Morgan fingerprint density at radius 2 is 1.88 bits per heavy atom. The van der Waals surface area contributed by atoms with E-state index in [1.807, 2.05) is 27.7 Å². The molecule has 1 aliphatic rings. The van der Waals surface area contributed by atoms with Crippen LogP contribution in [0.25, 0.3) is 0 Å². The first-order valence-electron chi connectivity index (χ1n) is 5.63. The molecule has 2 atom stereocenters. The predicted molar refractivity (Wildman–Crippen MR) is 66.0 cm³/mol. The molecule has 0 aromatic carbocycles. The lowest BCUT2D eigenvalue weighted by atomic mass is 9.93. The summed E-state index contributed by atoms with van der Waals surface area (Å²) < 4.78 is 14.8. The third-order valence-electron chi connectivity index (χ3n) is 2.90. The van der Waals surface area contributed by atoms with Crippen molar-refractivity contribution in [1.29, 1.82) is 0 Å². The van der Waals surface area contributed by atoms with Gasteiger partial charge in [-0.1, -0.05) is 0 Å². The molecule has 0 heterocycles. The Morgan fingerprint density at radius 1 is 1.38 bits per heavy atom. The molecule has 4 nitrogen and oxygen atoms in total. The van der Waals surface area contributed by atoms with Crippen molar-refractivity contribution in [2.24, 2.45) is 11.7 Å². The summed E-state index contributed by atoms with van der Waals surface area (Å²) in [6, 6.07) is 0. The molecule has 0 bridgehead atoms. The molecule has 0 aromatic rings. The molecule has 5 heteroatoms. The Labute approximate surface area is 99.9 Å². The first-order chi connectivity index (χ1) is 7.15. The van der Waals surface area contributed by atoms with E-state index >= 15 is 0 Å². The van der Waals surface area contributed by atoms with Crippen LogP contribution in [0.3, 0.4) is 0 Å². The van der Waals surface area contributed by atoms with Gasteiger partial charge in [-0.15, -0.1) is 0 Å². The first-order valence-corrected chi connectivity index (χ1v) is 6.78. The molecule has 0 spiro atoms. The maximum atomic E-state index is 12.0. The van der Waals surface area contributed by atoms with E-state index in [2.05, 4.69) is 4.72 Å². The number of hydrogen-bond donors (Lipinski definition) is 2. The normalized spacial score (nSPS) is 22.5. The molecule has 1 rings (SSSR count). The van der Waals surface area contributed by atoms with Crippen LogP contribution in [0.2, 0.25) is 0 Å². The number of nitrogens with two attached hydrogens (primary N) is 1. The van der Waals surface area contributed by atoms with Gasteiger partial charge in [0.15, 0.2) is 0 Å². The summed E-state index contributed by atoms with van der Waals surface area (Å²) in [5.74, 6) is 0.0825. The second-order valence-electron chi connectivity index (χ2n) is 5.82. The fourth-order valence-corrected chi connectivity index (χ4v) is 2.68. The lowest BCUT2D eigenvalue weighted by Gasteiger charge is -2.32. The van der Waals surface area contributed by atoms with E-state index in [0.717, 1.165) is 12.8 Å². The maximum absolute atomic E-state index is 12.0. The maximum Gasteiger partial charge on any atom is 0.219 e. The van der Waals surface area contributed by atoms with Crippen molar-refractivity contribution in [3.05, 3.63) is 0 Å². The summed E-state index contributed by atoms with van der Waals surface area (Å²) in [6.45, 7) is 7.67. The summed E-state index contributed by atoms with van der Waals surface area (Å²) in [6.07, 6.45) is 2.41. The van der Waals surface area contributed by atoms with Gasteiger partial charge in [-0.2, -0.15) is 0 Å². The molecule has 0 saturated heterocycles. The highest BCUT2D eigenvalue weighted by atomic mass is 32.2. The van der Waals surface area contributed by atoms with E-state index in [9.17, 15) is 9.00 Å². The number of primary amides is 1. The zero-order chi connectivity index (χ0) is 12.6. The smallest absolute Gasteiger partial charge is 0.219 e. The van der Waals surface area contributed by atoms with Crippen LogP contribution in [0.1, 0.15) is 47.0 Å². The quantitative estimate of drug-likeness (QED) is 0.762. The molecule has 0 aromatic heterocycles. The standard InChI is InChI=1S/C11H22N2O2S/c1-10(2,3)16(15)13-11(4,7-9(12)14)8-5-6-8/h8,13H,5-7H2,1-4H3,(H2,12,14)/t11-,16+/m0/s1. The molecule has 1 amide bonds. The fraction of sp³-hybridized carbons (Fsp3) is 0.909. The van der Waals surface area contributed by atoms with Crippen LogP contribution >= 0.6 is 0 Å². The molecular weight excluding hydrogens is 224 g/mol. The average molecular weight is 246 g/mol. The van der Waals surface area contributed by atoms with E-state index in [1.54, 1.807) is 0 Å². The van der Waals surface area contributed by atoms with E-state index in [-0.39, 0.29) is 17.1 Å². The molecule has 1 fully saturated rings. The summed E-state index contributed by atoms with van der Waals surface area (Å²) in [5, 5.41) is 0. The van der Waals surface area contributed by atoms with Gasteiger partial charge in [0.25, 0.3) is 0 Å². The number of carbonyl (C=O) groups is 1. The summed E-state index contributed by atoms with van der Waals surface area (Å²) >= 11 is 0. The van der Waals surface area contributed by atoms with Crippen molar-refractivity contribution in [3.63, 3.8) is 0 Å². The Hall–Kier alpha value is -0.420. The zero-order valence-corrected chi connectivity index (χ0v) is 11.3. The molecule has 94 valence electrons. The average Bonchev–Trinajstić information content (AvgIpc) is 2.81. The minimum absolute atomic E-state index is 0.249. The van der Waals surface area contributed by atoms with Gasteiger partial charge < -0.3 is 5.73 Å². The van der Waals surface area contributed by atoms with Gasteiger partial charge in [0.2, 0.25) is 5.91 Å². The highest BCUT2D eigenvalue weighted by molar-refractivity contribution is 7.84. The van der Waals surface area contributed by atoms with Gasteiger partial charge in [-0.05, 0) is 46.5 Å². The molecule has 0 unspecified atom stereocenters. The lowest BCUT2D eigenvalue weighted by molar-refractivity contribution is -0.119. The van der Waals surface area contributed by atoms with Crippen molar-refractivity contribution >= 4 is 16.9 Å². The van der Waals surface area contributed by atoms with Gasteiger partial charge in [0.1, 0.15) is 0 Å². The number of amides is 1. The van der Waals surface area contributed by atoms with Crippen LogP contribution in [-0.4, -0.2) is 20.4 Å². The summed E-state index contributed by atoms with van der Waals surface area (Å²) in [7, 11) is -1.16. The van der Waals surface area contributed by atoms with Crippen molar-refractivity contribution < 1.29 is 9.00 Å². The Kier molecular flexibility index (Phi) is 3.80. The first kappa shape index (κ1) is 13.6. The van der Waals surface area contributed by atoms with Gasteiger partial charge in [-0.25, -0.2) is 8.93 Å². The van der Waals surface area contributed by atoms with Crippen LogP contribution in [0, 0.1) is 5.92 Å².